The molecule has 0 bridgehead atoms. The first-order valence-electron chi connectivity index (χ1n) is 19.3. The highest BCUT2D eigenvalue weighted by atomic mass is 35.5. The molecule has 1 amide bonds. The first kappa shape index (κ1) is 52.1. The Morgan fingerprint density at radius 2 is 1.42 bits per heavy atom. The number of alkyl carbamates (subject to hydrolysis) is 1. The summed E-state index contributed by atoms with van der Waals surface area (Å²) in [7, 11) is 0. The van der Waals surface area contributed by atoms with Crippen LogP contribution in [0.25, 0.3) is 33.1 Å². The highest BCUT2D eigenvalue weighted by molar-refractivity contribution is 6.36. The van der Waals surface area contributed by atoms with E-state index in [1.165, 1.54) is 6.20 Å². The van der Waals surface area contributed by atoms with Gasteiger partial charge in [-0.2, -0.15) is 0 Å². The van der Waals surface area contributed by atoms with Crippen molar-refractivity contribution in [3.05, 3.63) is 63.8 Å². The van der Waals surface area contributed by atoms with Crippen molar-refractivity contribution in [1.82, 2.24) is 34.8 Å². The molecule has 328 valence electrons. The van der Waals surface area contributed by atoms with E-state index in [0.29, 0.717) is 56.3 Å². The van der Waals surface area contributed by atoms with Gasteiger partial charge in [0.1, 0.15) is 44.7 Å². The molecule has 0 radical (unpaired) electrons. The number of halogens is 2. The second-order valence-corrected chi connectivity index (χ2v) is 13.9. The molecule has 0 saturated heterocycles. The predicted octanol–water partition coefficient (Wildman–Crippen LogP) is 6.97. The van der Waals surface area contributed by atoms with Crippen LogP contribution in [0.1, 0.15) is 80.0 Å². The maximum atomic E-state index is 11.1. The number of imidazole rings is 1. The number of aryl methyl sites for hydroxylation is 2. The normalized spacial score (nSPS) is 11.0. The number of amides is 1. The van der Waals surface area contributed by atoms with Crippen LogP contribution in [0.5, 0.6) is 0 Å². The van der Waals surface area contributed by atoms with Crippen LogP contribution in [0, 0.1) is 17.0 Å². The Balaban J connectivity index is 0.000000403. The van der Waals surface area contributed by atoms with Crippen LogP contribution in [0.4, 0.5) is 21.0 Å². The van der Waals surface area contributed by atoms with Crippen molar-refractivity contribution in [3.63, 3.8) is 0 Å². The van der Waals surface area contributed by atoms with E-state index < -0.39 is 16.5 Å². The van der Waals surface area contributed by atoms with Crippen LogP contribution >= 0.6 is 11.6 Å². The Hall–Kier alpha value is -4.92. The van der Waals surface area contributed by atoms with Crippen LogP contribution in [-0.2, 0) is 25.5 Å². The smallest absolute Gasteiger partial charge is 0.407 e. The van der Waals surface area contributed by atoms with Gasteiger partial charge in [-0.25, -0.2) is 19.7 Å². The van der Waals surface area contributed by atoms with Crippen LogP contribution < -0.4 is 22.5 Å². The fourth-order valence-corrected chi connectivity index (χ4v) is 5.58. The molecule has 7 N–H and O–H groups in total. The molecular formula is C39H61ClFN11O7. The van der Waals surface area contributed by atoms with E-state index in [1.54, 1.807) is 25.3 Å². The van der Waals surface area contributed by atoms with Crippen LogP contribution in [-0.4, -0.2) is 91.5 Å². The van der Waals surface area contributed by atoms with Crippen molar-refractivity contribution in [1.29, 1.82) is 0 Å². The van der Waals surface area contributed by atoms with Gasteiger partial charge < -0.3 is 46.0 Å². The lowest BCUT2D eigenvalue weighted by molar-refractivity contribution is -0.384. The van der Waals surface area contributed by atoms with Crippen molar-refractivity contribution in [2.24, 2.45) is 11.5 Å². The number of nitro groups is 1. The van der Waals surface area contributed by atoms with E-state index in [4.69, 9.17) is 47.7 Å². The zero-order valence-electron chi connectivity index (χ0n) is 35.3. The lowest BCUT2D eigenvalue weighted by Gasteiger charge is -2.27. The Morgan fingerprint density at radius 1 is 0.864 bits per heavy atom. The number of carbonyl (C=O) groups is 1. The van der Waals surface area contributed by atoms with Gasteiger partial charge in [-0.15, -0.1) is 0 Å². The highest BCUT2D eigenvalue weighted by Gasteiger charge is 2.24. The third-order valence-electron chi connectivity index (χ3n) is 7.75. The molecule has 0 spiro atoms. The van der Waals surface area contributed by atoms with Crippen molar-refractivity contribution >= 4 is 62.3 Å². The topological polar surface area (TPSA) is 257 Å². The molecule has 18 nitrogen and oxygen atoms in total. The van der Waals surface area contributed by atoms with E-state index >= 15 is 0 Å². The molecule has 0 aromatic carbocycles. The van der Waals surface area contributed by atoms with E-state index in [0.717, 1.165) is 66.3 Å². The summed E-state index contributed by atoms with van der Waals surface area (Å²) in [5.41, 5.74) is 20.5. The Kier molecular flexibility index (Phi) is 23.2. The number of nitrogen functional groups attached to an aromatic ring is 1. The molecule has 5 heterocycles. The predicted molar refractivity (Wildman–Crippen MR) is 230 cm³/mol. The average Bonchev–Trinajstić information content (AvgIpc) is 3.50. The quantitative estimate of drug-likeness (QED) is 0.0359. The summed E-state index contributed by atoms with van der Waals surface area (Å²) in [4.78, 5) is 42.2. The standard InChI is InChI=1S/C14H18N6.C9H20N2O2.C8H4ClN3O2.C8H18O3.FH/c1-9-18-12-13(20(9)8-3-2-6-15)11-10(19-14(12)16)5-4-7-17-11;1-9(2,3)13-8(12)11-7-5-4-6-10;9-7-6(12(13)14)4-11-5-2-1-3-10-8(5)7;1-5-9-8(4,10-6-2)11-7-3;/h4-5,7H,2-3,6,8,15H2,1H3,(H2,16,19);4-7,10H2,1-3H3,(H,11,12);1-4H;5-7H2,1-4H3;1H. The van der Waals surface area contributed by atoms with Crippen molar-refractivity contribution in [3.8, 4) is 0 Å². The first-order chi connectivity index (χ1) is 27.6. The summed E-state index contributed by atoms with van der Waals surface area (Å²) in [5, 5.41) is 13.2. The van der Waals surface area contributed by atoms with E-state index in [9.17, 15) is 14.9 Å². The molecule has 0 unspecified atom stereocenters. The van der Waals surface area contributed by atoms with Crippen LogP contribution in [0.3, 0.4) is 0 Å². The SMILES string of the molecule is CC(C)(C)OC(=O)NCCCCN.CCOC(C)(OCC)OCC.Cc1nc2c(N)nc3cccnc3c2n1CCCCN.F.O=[N+]([O-])c1cnc2cccnc2c1Cl. The molecule has 5 rings (SSSR count). The minimum atomic E-state index is -0.849. The number of rotatable bonds is 15. The number of anilines is 1. The van der Waals surface area contributed by atoms with Gasteiger partial charge in [0.15, 0.2) is 5.82 Å². The summed E-state index contributed by atoms with van der Waals surface area (Å²) in [6.07, 6.45) is 7.89. The lowest BCUT2D eigenvalue weighted by Crippen LogP contribution is -2.35. The lowest BCUT2D eigenvalue weighted by atomic mass is 10.2. The molecular weight excluding hydrogens is 789 g/mol. The summed E-state index contributed by atoms with van der Waals surface area (Å²) in [5.74, 6) is 0.544. The van der Waals surface area contributed by atoms with E-state index in [1.807, 2.05) is 60.6 Å². The molecule has 0 aliphatic heterocycles. The minimum Gasteiger partial charge on any atom is -0.444 e. The van der Waals surface area contributed by atoms with Gasteiger partial charge in [0.2, 0.25) is 0 Å². The molecule has 0 fully saturated rings. The molecule has 0 saturated carbocycles. The maximum absolute atomic E-state index is 11.1. The van der Waals surface area contributed by atoms with Gasteiger partial charge in [0, 0.05) is 52.2 Å². The van der Waals surface area contributed by atoms with Gasteiger partial charge in [0.25, 0.3) is 5.97 Å². The maximum Gasteiger partial charge on any atom is 0.407 e. The minimum absolute atomic E-state index is 0. The Morgan fingerprint density at radius 3 is 1.97 bits per heavy atom. The first-order valence-corrected chi connectivity index (χ1v) is 19.6. The van der Waals surface area contributed by atoms with Crippen molar-refractivity contribution < 1.29 is 33.4 Å². The average molecular weight is 850 g/mol. The van der Waals surface area contributed by atoms with Gasteiger partial charge in [-0.1, -0.05) is 11.6 Å². The van der Waals surface area contributed by atoms with Crippen molar-refractivity contribution in [2.75, 3.05) is 45.2 Å². The summed E-state index contributed by atoms with van der Waals surface area (Å²) < 4.78 is 23.0. The number of fused-ring (bicyclic) bond motifs is 4. The number of aromatic nitrogens is 6. The molecule has 5 aromatic rings. The van der Waals surface area contributed by atoms with Crippen LogP contribution in [0.15, 0.2) is 42.9 Å². The van der Waals surface area contributed by atoms with Crippen LogP contribution in [0.2, 0.25) is 5.02 Å². The number of nitrogens with one attached hydrogen (secondary N) is 1. The Bertz CT molecular complexity index is 2020. The number of unbranched alkanes of at least 4 members (excludes halogenated alkanes) is 2. The summed E-state index contributed by atoms with van der Waals surface area (Å²) >= 11 is 5.79. The molecule has 0 atom stereocenters. The highest BCUT2D eigenvalue weighted by Crippen LogP contribution is 2.29. The number of carbonyl (C=O) groups excluding carboxylic acids is 1. The van der Waals surface area contributed by atoms with Gasteiger partial charge in [-0.3, -0.25) is 24.8 Å². The Labute approximate surface area is 349 Å². The number of hydrogen-bond donors (Lipinski definition) is 4. The number of hydrogen-bond acceptors (Lipinski definition) is 15. The third-order valence-corrected chi connectivity index (χ3v) is 8.12. The second-order valence-electron chi connectivity index (χ2n) is 13.5. The van der Waals surface area contributed by atoms with Crippen molar-refractivity contribution in [2.45, 2.75) is 99.2 Å². The zero-order valence-corrected chi connectivity index (χ0v) is 36.1. The molecule has 0 aliphatic carbocycles. The van der Waals surface area contributed by atoms with E-state index in [-0.39, 0.29) is 21.5 Å². The van der Waals surface area contributed by atoms with Gasteiger partial charge in [-0.05, 0) is 112 Å². The second kappa shape index (κ2) is 26.2. The van der Waals surface area contributed by atoms with Gasteiger partial charge in [0.05, 0.1) is 16.0 Å². The monoisotopic (exact) mass is 849 g/mol. The summed E-state index contributed by atoms with van der Waals surface area (Å²) in [6.45, 7) is 19.7. The fourth-order valence-electron chi connectivity index (χ4n) is 5.31. The van der Waals surface area contributed by atoms with E-state index in [2.05, 4.69) is 34.8 Å². The molecule has 59 heavy (non-hydrogen) atoms. The molecule has 5 aromatic heterocycles. The zero-order chi connectivity index (χ0) is 43.3. The van der Waals surface area contributed by atoms with Gasteiger partial charge >= 0.3 is 11.8 Å². The number of ether oxygens (including phenoxy) is 4. The number of pyridine rings is 4. The summed E-state index contributed by atoms with van der Waals surface area (Å²) in [6, 6.07) is 7.17. The molecule has 0 aliphatic rings. The fraction of sp³-hybridized carbons (Fsp3) is 0.538. The number of nitrogens with two attached hydrogens (primary N) is 3. The number of nitrogens with zero attached hydrogens (tertiary/aromatic N) is 7. The largest absolute Gasteiger partial charge is 0.444 e. The molecule has 20 heteroatoms. The third kappa shape index (κ3) is 17.1.